The molecule has 0 aliphatic carbocycles. The number of anilines is 4. The second-order valence-electron chi connectivity index (χ2n) is 25.0. The molecule has 1 aliphatic heterocycles. The molecule has 5 nitrogen and oxygen atoms in total. The molecule has 12 rings (SSSR count). The maximum Gasteiger partial charge on any atom is 0.136 e. The van der Waals surface area contributed by atoms with Gasteiger partial charge in [-0.25, -0.2) is 18.2 Å². The molecule has 0 spiro atoms. The molecule has 2 aromatic heterocycles. The van der Waals surface area contributed by atoms with Gasteiger partial charge in [0.25, 0.3) is 0 Å². The normalized spacial score (nSPS) is 13.1. The van der Waals surface area contributed by atoms with E-state index in [4.69, 9.17) is 9.72 Å². The van der Waals surface area contributed by atoms with E-state index in [1.165, 1.54) is 0 Å². The Morgan fingerprint density at radius 1 is 0.524 bits per heavy atom. The molecule has 3 heterocycles. The minimum absolute atomic E-state index is 0. The van der Waals surface area contributed by atoms with Crippen LogP contribution in [0.25, 0.3) is 72.1 Å². The third-order valence-corrected chi connectivity index (χ3v) is 15.8. The quantitative estimate of drug-likeness (QED) is 0.128. The Morgan fingerprint density at radius 3 is 1.81 bits per heavy atom. The molecule has 0 radical (unpaired) electrons. The van der Waals surface area contributed by atoms with Crippen LogP contribution in [-0.4, -0.2) is 9.55 Å². The first-order valence-corrected chi connectivity index (χ1v) is 28.2. The second kappa shape index (κ2) is 22.1. The molecule has 0 saturated carbocycles. The van der Waals surface area contributed by atoms with Crippen molar-refractivity contribution < 1.29 is 40.3 Å². The van der Waals surface area contributed by atoms with Crippen molar-refractivity contribution in [1.82, 2.24) is 9.55 Å². The molecular weight excluding hydrogens is 1220 g/mol. The van der Waals surface area contributed by atoms with Crippen LogP contribution in [0.5, 0.6) is 11.5 Å². The molecular formula is C75H66F3N4OPt-3. The van der Waals surface area contributed by atoms with Crippen molar-refractivity contribution in [2.75, 3.05) is 9.80 Å². The molecule has 11 aromatic rings. The summed E-state index contributed by atoms with van der Waals surface area (Å²) in [5, 5.41) is 2.05. The number of aromatic nitrogens is 2. The number of para-hydroxylation sites is 3. The number of hydrogen-bond acceptors (Lipinski definition) is 4. The number of rotatable bonds is 10. The molecule has 0 unspecified atom stereocenters. The fourth-order valence-electron chi connectivity index (χ4n) is 11.4. The van der Waals surface area contributed by atoms with Crippen LogP contribution in [-0.2, 0) is 37.3 Å². The first-order chi connectivity index (χ1) is 39.9. The van der Waals surface area contributed by atoms with Gasteiger partial charge in [-0.1, -0.05) is 185 Å². The third-order valence-electron chi connectivity index (χ3n) is 15.8. The zero-order chi connectivity index (χ0) is 59.2. The monoisotopic (exact) mass is 1290 g/mol. The largest absolute Gasteiger partial charge is 0.509 e. The number of nitrogens with zero attached hydrogens (tertiary/aromatic N) is 4. The van der Waals surface area contributed by atoms with Gasteiger partial charge in [-0.15, -0.1) is 53.6 Å². The Balaban J connectivity index is 0.00000752. The van der Waals surface area contributed by atoms with Gasteiger partial charge in [0.05, 0.1) is 5.56 Å². The van der Waals surface area contributed by atoms with Gasteiger partial charge in [-0.2, -0.15) is 6.07 Å². The zero-order valence-corrected chi connectivity index (χ0v) is 51.4. The van der Waals surface area contributed by atoms with Crippen LogP contribution < -0.4 is 14.5 Å². The smallest absolute Gasteiger partial charge is 0.136 e. The van der Waals surface area contributed by atoms with Gasteiger partial charge in [0.1, 0.15) is 23.3 Å². The van der Waals surface area contributed by atoms with Crippen LogP contribution in [0.3, 0.4) is 0 Å². The molecule has 9 heteroatoms. The third kappa shape index (κ3) is 10.9. The molecule has 0 N–H and O–H groups in total. The van der Waals surface area contributed by atoms with E-state index in [2.05, 4.69) is 134 Å². The molecule has 84 heavy (non-hydrogen) atoms. The molecule has 0 atom stereocenters. The summed E-state index contributed by atoms with van der Waals surface area (Å²) in [5.41, 5.74) is 12.4. The van der Waals surface area contributed by atoms with Gasteiger partial charge in [0, 0.05) is 86.0 Å². The number of halogens is 3. The van der Waals surface area contributed by atoms with E-state index in [1.54, 1.807) is 0 Å². The van der Waals surface area contributed by atoms with E-state index in [1.807, 2.05) is 152 Å². The summed E-state index contributed by atoms with van der Waals surface area (Å²) in [7, 11) is 0. The molecule has 0 saturated heterocycles. The summed E-state index contributed by atoms with van der Waals surface area (Å²) in [6, 6.07) is 65.4. The Kier molecular flexibility index (Phi) is 14.8. The fourth-order valence-corrected chi connectivity index (χ4v) is 11.4. The maximum atomic E-state index is 16.9. The average molecular weight is 1290 g/mol. The topological polar surface area (TPSA) is 33.5 Å². The van der Waals surface area contributed by atoms with Crippen LogP contribution in [0.1, 0.15) is 106 Å². The SMILES string of the molecule is [2H]C(C)(C)c1ccccc1-c1cc(Oc2[c-]c3c(cc2)c2ccccc2n3-c2cc(C(C)(C)C)ccn2)[c-]c(N2[CH-]N(c3c(-c4cc(C(C)(C)C)cc(C(C)(C)C)c4)cc(-c4ccccc4)cc3-c3c(F)cc(F)cc3F)c3ccccc32)c1.[Pt]. The predicted octanol–water partition coefficient (Wildman–Crippen LogP) is 21.1. The van der Waals surface area contributed by atoms with Crippen molar-refractivity contribution in [2.24, 2.45) is 0 Å². The van der Waals surface area contributed by atoms with E-state index in [9.17, 15) is 1.37 Å². The van der Waals surface area contributed by atoms with Crippen molar-refractivity contribution in [3.05, 3.63) is 247 Å². The van der Waals surface area contributed by atoms with E-state index >= 15 is 13.2 Å². The summed E-state index contributed by atoms with van der Waals surface area (Å²) in [6.07, 6.45) is 1.86. The number of pyridine rings is 1. The second-order valence-corrected chi connectivity index (χ2v) is 25.0. The molecule has 0 fully saturated rings. The first-order valence-electron chi connectivity index (χ1n) is 28.7. The maximum absolute atomic E-state index is 16.9. The minimum atomic E-state index is -1.03. The van der Waals surface area contributed by atoms with Crippen LogP contribution in [0.2, 0.25) is 0 Å². The summed E-state index contributed by atoms with van der Waals surface area (Å²) in [6.45, 7) is 25.4. The summed E-state index contributed by atoms with van der Waals surface area (Å²) >= 11 is 0. The standard InChI is InChI=1S/C75H66F3N4O.Pt/c1-46(2)58-23-15-16-24-59(58)50-35-55(43-57(36-50)83-56-29-30-61-60-25-17-18-26-66(60)82(69(61)44-56)70-40-51(31-32-79-70)73(3,4)5)80-45-81(68-28-20-19-27-67(68)80)72-62(49-33-52(74(6,7)8)39-53(34-49)75(9,10)11)37-48(47-21-13-12-14-22-47)38-63(72)71-64(77)41-54(76)42-65(71)78;/h12-42,45-46H,1-11H3;/q-3;/i46D;. The van der Waals surface area contributed by atoms with Crippen molar-refractivity contribution in [2.45, 2.75) is 98.3 Å². The minimum Gasteiger partial charge on any atom is -0.509 e. The van der Waals surface area contributed by atoms with Gasteiger partial charge >= 0.3 is 0 Å². The van der Waals surface area contributed by atoms with Crippen molar-refractivity contribution in [3.8, 4) is 61.8 Å². The van der Waals surface area contributed by atoms with Gasteiger partial charge in [0.2, 0.25) is 0 Å². The Bertz CT molecular complexity index is 4320. The van der Waals surface area contributed by atoms with Gasteiger partial charge in [-0.05, 0) is 114 Å². The molecule has 1 aliphatic rings. The van der Waals surface area contributed by atoms with E-state index in [0.29, 0.717) is 34.1 Å². The molecule has 9 aromatic carbocycles. The van der Waals surface area contributed by atoms with Crippen LogP contribution in [0, 0.1) is 36.3 Å². The Morgan fingerprint density at radius 2 is 1.13 bits per heavy atom. The van der Waals surface area contributed by atoms with E-state index < -0.39 is 23.3 Å². The number of hydrogen-bond donors (Lipinski definition) is 0. The average Bonchev–Trinajstić information content (AvgIpc) is 2.18. The first kappa shape index (κ1) is 56.3. The van der Waals surface area contributed by atoms with Crippen molar-refractivity contribution in [1.29, 1.82) is 0 Å². The van der Waals surface area contributed by atoms with E-state index in [-0.39, 0.29) is 48.4 Å². The number of fused-ring (bicyclic) bond motifs is 4. The molecule has 426 valence electrons. The molecule has 0 bridgehead atoms. The summed E-state index contributed by atoms with van der Waals surface area (Å²) < 4.78 is 67.4. The van der Waals surface area contributed by atoms with Crippen LogP contribution in [0.15, 0.2) is 188 Å². The number of ether oxygens (including phenoxy) is 1. The number of benzene rings is 9. The predicted molar refractivity (Wildman–Crippen MR) is 336 cm³/mol. The zero-order valence-electron chi connectivity index (χ0n) is 50.1. The van der Waals surface area contributed by atoms with E-state index in [0.717, 1.165) is 95.5 Å². The van der Waals surface area contributed by atoms with Crippen LogP contribution in [0.4, 0.5) is 35.9 Å². The fraction of sp³-hybridized carbons (Fsp3) is 0.200. The van der Waals surface area contributed by atoms with Crippen molar-refractivity contribution in [3.63, 3.8) is 0 Å². The Hall–Kier alpha value is -8.19. The van der Waals surface area contributed by atoms with Gasteiger partial charge in [0.15, 0.2) is 0 Å². The molecule has 0 amide bonds. The van der Waals surface area contributed by atoms with Crippen LogP contribution >= 0.6 is 0 Å². The summed E-state index contributed by atoms with van der Waals surface area (Å²) in [5.74, 6) is -2.46. The summed E-state index contributed by atoms with van der Waals surface area (Å²) in [4.78, 5) is 8.91. The van der Waals surface area contributed by atoms with Gasteiger partial charge < -0.3 is 19.1 Å². The van der Waals surface area contributed by atoms with Gasteiger partial charge in [-0.3, -0.25) is 0 Å². The Labute approximate surface area is 508 Å². The van der Waals surface area contributed by atoms with Crippen molar-refractivity contribution >= 4 is 44.6 Å².